The Morgan fingerprint density at radius 2 is 2.00 bits per heavy atom. The van der Waals surface area contributed by atoms with Crippen molar-refractivity contribution < 1.29 is 28.5 Å². The molecule has 29 heavy (non-hydrogen) atoms. The topological polar surface area (TPSA) is 83.4 Å². The van der Waals surface area contributed by atoms with Crippen molar-refractivity contribution in [2.24, 2.45) is 4.99 Å². The maximum atomic E-state index is 12.3. The Hall–Kier alpha value is -3.32. The largest absolute Gasteiger partial charge is 0.493 e. The number of aliphatic imine (C=N–C) groups is 1. The predicted molar refractivity (Wildman–Crippen MR) is 108 cm³/mol. The minimum absolute atomic E-state index is 0.0876. The molecule has 1 heterocycles. The molecule has 0 spiro atoms. The molecule has 0 aliphatic carbocycles. The summed E-state index contributed by atoms with van der Waals surface area (Å²) in [6.45, 7) is 3.59. The number of para-hydroxylation sites is 1. The average Bonchev–Trinajstić information content (AvgIpc) is 3.04. The molecule has 1 aliphatic rings. The lowest BCUT2D eigenvalue weighted by Gasteiger charge is -2.10. The Morgan fingerprint density at radius 1 is 1.24 bits per heavy atom. The van der Waals surface area contributed by atoms with Crippen molar-refractivity contribution in [3.05, 3.63) is 58.2 Å². The lowest BCUT2D eigenvalue weighted by molar-refractivity contribution is -0.132. The lowest BCUT2D eigenvalue weighted by Crippen LogP contribution is -2.07. The van der Waals surface area contributed by atoms with Crippen LogP contribution in [0.1, 0.15) is 25.0 Å². The zero-order chi connectivity index (χ0) is 21.0. The summed E-state index contributed by atoms with van der Waals surface area (Å²) < 4.78 is 21.2. The molecule has 0 unspecified atom stereocenters. The second kappa shape index (κ2) is 8.79. The molecule has 0 bridgehead atoms. The lowest BCUT2D eigenvalue weighted by atomic mass is 10.1. The van der Waals surface area contributed by atoms with Gasteiger partial charge >= 0.3 is 11.9 Å². The highest BCUT2D eigenvalue weighted by Gasteiger charge is 2.26. The minimum atomic E-state index is -0.606. The van der Waals surface area contributed by atoms with E-state index in [1.165, 1.54) is 26.2 Å². The normalized spacial score (nSPS) is 14.4. The molecule has 0 fully saturated rings. The number of nitrogens with zero attached hydrogens (tertiary/aromatic N) is 1. The number of benzene rings is 2. The average molecular weight is 416 g/mol. The summed E-state index contributed by atoms with van der Waals surface area (Å²) in [6.07, 6.45) is 1.50. The van der Waals surface area contributed by atoms with Gasteiger partial charge in [0.05, 0.1) is 24.3 Å². The number of carbonyl (C=O) groups is 2. The first-order chi connectivity index (χ1) is 13.9. The third kappa shape index (κ3) is 4.57. The summed E-state index contributed by atoms with van der Waals surface area (Å²) in [6, 6.07) is 10.3. The monoisotopic (exact) mass is 415 g/mol. The molecule has 0 saturated heterocycles. The predicted octanol–water partition coefficient (Wildman–Crippen LogP) is 4.02. The van der Waals surface area contributed by atoms with Crippen molar-refractivity contribution in [1.29, 1.82) is 0 Å². The number of ether oxygens (including phenoxy) is 4. The van der Waals surface area contributed by atoms with Gasteiger partial charge in [-0.25, -0.2) is 9.79 Å². The molecule has 0 amide bonds. The number of hydrogen-bond donors (Lipinski definition) is 0. The second-order valence-corrected chi connectivity index (χ2v) is 6.30. The fourth-order valence-corrected chi connectivity index (χ4v) is 2.93. The van der Waals surface area contributed by atoms with Crippen LogP contribution >= 0.6 is 11.6 Å². The van der Waals surface area contributed by atoms with Crippen LogP contribution < -0.4 is 14.2 Å². The Kier molecular flexibility index (Phi) is 6.19. The van der Waals surface area contributed by atoms with Crippen LogP contribution in [0.15, 0.2) is 47.1 Å². The zero-order valence-corrected chi connectivity index (χ0v) is 16.8. The van der Waals surface area contributed by atoms with E-state index >= 15 is 0 Å². The molecular formula is C21H18ClNO6. The molecule has 2 aromatic carbocycles. The molecule has 0 atom stereocenters. The van der Waals surface area contributed by atoms with Crippen molar-refractivity contribution in [2.45, 2.75) is 13.8 Å². The van der Waals surface area contributed by atoms with E-state index in [0.717, 1.165) is 0 Å². The van der Waals surface area contributed by atoms with E-state index < -0.39 is 11.9 Å². The van der Waals surface area contributed by atoms with Crippen LogP contribution in [-0.2, 0) is 14.3 Å². The van der Waals surface area contributed by atoms with Crippen molar-refractivity contribution in [3.63, 3.8) is 0 Å². The Balaban J connectivity index is 1.98. The van der Waals surface area contributed by atoms with Gasteiger partial charge in [-0.05, 0) is 42.8 Å². The van der Waals surface area contributed by atoms with E-state index in [1.54, 1.807) is 24.3 Å². The Morgan fingerprint density at radius 3 is 2.69 bits per heavy atom. The van der Waals surface area contributed by atoms with E-state index in [9.17, 15) is 9.59 Å². The van der Waals surface area contributed by atoms with Crippen molar-refractivity contribution in [2.75, 3.05) is 13.7 Å². The van der Waals surface area contributed by atoms with Crippen LogP contribution in [0.5, 0.6) is 17.2 Å². The summed E-state index contributed by atoms with van der Waals surface area (Å²) in [5, 5.41) is 0.156. The van der Waals surface area contributed by atoms with Crippen LogP contribution in [0.4, 0.5) is 0 Å². The van der Waals surface area contributed by atoms with E-state index in [-0.39, 0.29) is 28.1 Å². The number of halogens is 1. The molecule has 0 saturated carbocycles. The third-order valence-electron chi connectivity index (χ3n) is 3.84. The van der Waals surface area contributed by atoms with Crippen molar-refractivity contribution >= 4 is 35.5 Å². The zero-order valence-electron chi connectivity index (χ0n) is 16.0. The molecule has 2 aromatic rings. The summed E-state index contributed by atoms with van der Waals surface area (Å²) in [4.78, 5) is 27.8. The van der Waals surface area contributed by atoms with Gasteiger partial charge in [0.2, 0.25) is 5.90 Å². The Bertz CT molecular complexity index is 1030. The number of hydrogen-bond acceptors (Lipinski definition) is 7. The fraction of sp³-hybridized carbons (Fsp3) is 0.190. The highest BCUT2D eigenvalue weighted by molar-refractivity contribution is 6.32. The molecule has 3 rings (SSSR count). The van der Waals surface area contributed by atoms with Gasteiger partial charge in [0.1, 0.15) is 5.75 Å². The first kappa shape index (κ1) is 20.4. The van der Waals surface area contributed by atoms with Crippen molar-refractivity contribution in [3.8, 4) is 17.2 Å². The van der Waals surface area contributed by atoms with Gasteiger partial charge in [-0.3, -0.25) is 4.79 Å². The van der Waals surface area contributed by atoms with E-state index in [1.807, 2.05) is 13.0 Å². The third-order valence-corrected chi connectivity index (χ3v) is 4.12. The molecule has 0 radical (unpaired) electrons. The smallest absolute Gasteiger partial charge is 0.363 e. The summed E-state index contributed by atoms with van der Waals surface area (Å²) in [5.41, 5.74) is 1.19. The fourth-order valence-electron chi connectivity index (χ4n) is 2.67. The summed E-state index contributed by atoms with van der Waals surface area (Å²) in [5.74, 6) is -0.0640. The number of cyclic esters (lactones) is 1. The van der Waals surface area contributed by atoms with E-state index in [0.29, 0.717) is 23.5 Å². The molecule has 8 heteroatoms. The van der Waals surface area contributed by atoms with Gasteiger partial charge in [0.15, 0.2) is 17.2 Å². The molecule has 7 nitrogen and oxygen atoms in total. The van der Waals surface area contributed by atoms with Gasteiger partial charge in [-0.2, -0.15) is 0 Å². The first-order valence-corrected chi connectivity index (χ1v) is 9.11. The second-order valence-electron chi connectivity index (χ2n) is 5.89. The summed E-state index contributed by atoms with van der Waals surface area (Å²) in [7, 11) is 1.42. The maximum Gasteiger partial charge on any atom is 0.363 e. The van der Waals surface area contributed by atoms with Gasteiger partial charge in [0.25, 0.3) is 0 Å². The maximum absolute atomic E-state index is 12.3. The SMILES string of the molecule is CCOc1ccccc1C1=N/C(=C\c2cc(Cl)c(OC(C)=O)c(OC)c2)C(=O)O1. The molecule has 150 valence electrons. The quantitative estimate of drug-likeness (QED) is 0.402. The van der Waals surface area contributed by atoms with E-state index in [2.05, 4.69) is 4.99 Å². The highest BCUT2D eigenvalue weighted by atomic mass is 35.5. The van der Waals surface area contributed by atoms with Crippen LogP contribution in [-0.4, -0.2) is 31.6 Å². The highest BCUT2D eigenvalue weighted by Crippen LogP contribution is 2.37. The molecular weight excluding hydrogens is 398 g/mol. The molecule has 0 aromatic heterocycles. The number of esters is 2. The Labute approximate surface area is 172 Å². The van der Waals surface area contributed by atoms with Crippen LogP contribution in [0, 0.1) is 0 Å². The van der Waals surface area contributed by atoms with Crippen LogP contribution in [0.2, 0.25) is 5.02 Å². The van der Waals surface area contributed by atoms with Crippen molar-refractivity contribution in [1.82, 2.24) is 0 Å². The first-order valence-electron chi connectivity index (χ1n) is 8.73. The van der Waals surface area contributed by atoms with Gasteiger partial charge in [0, 0.05) is 6.92 Å². The number of rotatable bonds is 6. The van der Waals surface area contributed by atoms with Gasteiger partial charge < -0.3 is 18.9 Å². The molecule has 0 N–H and O–H groups in total. The number of carbonyl (C=O) groups excluding carboxylic acids is 2. The van der Waals surface area contributed by atoms with E-state index in [4.69, 9.17) is 30.5 Å². The summed E-state index contributed by atoms with van der Waals surface area (Å²) >= 11 is 6.20. The number of methoxy groups -OCH3 is 1. The van der Waals surface area contributed by atoms with Crippen LogP contribution in [0.3, 0.4) is 0 Å². The van der Waals surface area contributed by atoms with Gasteiger partial charge in [-0.15, -0.1) is 0 Å². The van der Waals surface area contributed by atoms with Gasteiger partial charge in [-0.1, -0.05) is 23.7 Å². The van der Waals surface area contributed by atoms with Crippen LogP contribution in [0.25, 0.3) is 6.08 Å². The minimum Gasteiger partial charge on any atom is -0.493 e. The standard InChI is InChI=1S/C21H18ClNO6/c1-4-27-17-8-6-5-7-14(17)20-23-16(21(25)29-20)10-13-9-15(22)19(28-12(2)24)18(11-13)26-3/h5-11H,4H2,1-3H3/b16-10-. The molecule has 1 aliphatic heterocycles.